The fourth-order valence-electron chi connectivity index (χ4n) is 1.33. The molecule has 0 spiro atoms. The molecule has 0 aliphatic heterocycles. The van der Waals surface area contributed by atoms with Crippen LogP contribution in [-0.4, -0.2) is 9.97 Å². The summed E-state index contributed by atoms with van der Waals surface area (Å²) in [5.74, 6) is 0. The second kappa shape index (κ2) is 4.09. The van der Waals surface area contributed by atoms with Crippen LogP contribution in [0.1, 0.15) is 32.4 Å². The maximum atomic E-state index is 14.0. The molecule has 3 nitrogen and oxygen atoms in total. The number of H-pyrrole nitrogens is 1. The van der Waals surface area contributed by atoms with Crippen LogP contribution in [0.3, 0.4) is 0 Å². The van der Waals surface area contributed by atoms with Gasteiger partial charge in [0, 0.05) is 0 Å². The molecule has 0 saturated carbocycles. The number of rotatable bonds is 3. The molecule has 1 rings (SSSR count). The van der Waals surface area contributed by atoms with Crippen molar-refractivity contribution in [2.24, 2.45) is 0 Å². The third-order valence-corrected chi connectivity index (χ3v) is 2.36. The van der Waals surface area contributed by atoms with Gasteiger partial charge in [0.1, 0.15) is 10.7 Å². The third-order valence-electron chi connectivity index (χ3n) is 2.01. The van der Waals surface area contributed by atoms with E-state index in [0.717, 1.165) is 6.33 Å². The minimum absolute atomic E-state index is 0.0183. The van der Waals surface area contributed by atoms with Gasteiger partial charge < -0.3 is 4.98 Å². The molecule has 78 valence electrons. The van der Waals surface area contributed by atoms with E-state index >= 15 is 0 Å². The first-order valence-corrected chi connectivity index (χ1v) is 4.79. The molecular formula is C9H12ClFN2O. The van der Waals surface area contributed by atoms with Crippen molar-refractivity contribution in [3.05, 3.63) is 27.4 Å². The van der Waals surface area contributed by atoms with E-state index < -0.39 is 11.2 Å². The maximum absolute atomic E-state index is 14.0. The number of hydrogen-bond donors (Lipinski definition) is 1. The SMILES string of the molecule is CCCC(C)(F)c1nc[nH]c(=O)c1Cl. The molecule has 0 bridgehead atoms. The average molecular weight is 219 g/mol. The van der Waals surface area contributed by atoms with Crippen LogP contribution in [0.15, 0.2) is 11.1 Å². The topological polar surface area (TPSA) is 45.8 Å². The van der Waals surface area contributed by atoms with Gasteiger partial charge in [0.05, 0.1) is 6.33 Å². The highest BCUT2D eigenvalue weighted by molar-refractivity contribution is 6.31. The summed E-state index contributed by atoms with van der Waals surface area (Å²) in [7, 11) is 0. The zero-order valence-electron chi connectivity index (χ0n) is 8.10. The van der Waals surface area contributed by atoms with Crippen LogP contribution in [0.2, 0.25) is 5.02 Å². The second-order valence-electron chi connectivity index (χ2n) is 3.34. The molecule has 0 aromatic carbocycles. The highest BCUT2D eigenvalue weighted by atomic mass is 35.5. The summed E-state index contributed by atoms with van der Waals surface area (Å²) in [6, 6.07) is 0. The standard InChI is InChI=1S/C9H12ClFN2O/c1-3-4-9(2,11)7-6(10)8(14)13-5-12-7/h5H,3-4H2,1-2H3,(H,12,13,14). The first-order chi connectivity index (χ1) is 6.49. The summed E-state index contributed by atoms with van der Waals surface area (Å²) < 4.78 is 14.0. The van der Waals surface area contributed by atoms with E-state index in [2.05, 4.69) is 9.97 Å². The highest BCUT2D eigenvalue weighted by Gasteiger charge is 2.29. The van der Waals surface area contributed by atoms with Gasteiger partial charge in [0.25, 0.3) is 5.56 Å². The molecule has 5 heteroatoms. The van der Waals surface area contributed by atoms with Gasteiger partial charge >= 0.3 is 0 Å². The fourth-order valence-corrected chi connectivity index (χ4v) is 1.63. The Morgan fingerprint density at radius 2 is 2.36 bits per heavy atom. The summed E-state index contributed by atoms with van der Waals surface area (Å²) in [6.45, 7) is 3.24. The van der Waals surface area contributed by atoms with Gasteiger partial charge in [-0.25, -0.2) is 9.37 Å². The molecule has 1 aromatic heterocycles. The van der Waals surface area contributed by atoms with Crippen LogP contribution in [0.5, 0.6) is 0 Å². The highest BCUT2D eigenvalue weighted by Crippen LogP contribution is 2.31. The van der Waals surface area contributed by atoms with E-state index in [9.17, 15) is 9.18 Å². The van der Waals surface area contributed by atoms with Crippen LogP contribution >= 0.6 is 11.6 Å². The van der Waals surface area contributed by atoms with Crippen LogP contribution in [-0.2, 0) is 5.67 Å². The fraction of sp³-hybridized carbons (Fsp3) is 0.556. The first kappa shape index (κ1) is 11.2. The number of nitrogens with one attached hydrogen (secondary N) is 1. The van der Waals surface area contributed by atoms with E-state index in [1.807, 2.05) is 6.92 Å². The van der Waals surface area contributed by atoms with Crippen LogP contribution < -0.4 is 5.56 Å². The number of nitrogens with zero attached hydrogens (tertiary/aromatic N) is 1. The molecule has 1 unspecified atom stereocenters. The lowest BCUT2D eigenvalue weighted by molar-refractivity contribution is 0.169. The molecule has 0 saturated heterocycles. The molecular weight excluding hydrogens is 207 g/mol. The van der Waals surface area contributed by atoms with Gasteiger partial charge in [0.15, 0.2) is 5.67 Å². The second-order valence-corrected chi connectivity index (χ2v) is 3.72. The van der Waals surface area contributed by atoms with Crippen molar-refractivity contribution >= 4 is 11.6 Å². The minimum atomic E-state index is -1.64. The lowest BCUT2D eigenvalue weighted by Gasteiger charge is -2.19. The zero-order chi connectivity index (χ0) is 10.8. The lowest BCUT2D eigenvalue weighted by atomic mass is 9.98. The number of hydrogen-bond acceptors (Lipinski definition) is 2. The Bertz CT molecular complexity index is 375. The smallest absolute Gasteiger partial charge is 0.269 e. The van der Waals surface area contributed by atoms with E-state index in [0.29, 0.717) is 12.8 Å². The number of halogens is 2. The van der Waals surface area contributed by atoms with E-state index in [4.69, 9.17) is 11.6 Å². The molecule has 1 N–H and O–H groups in total. The number of alkyl halides is 1. The Morgan fingerprint density at radius 1 is 1.71 bits per heavy atom. The average Bonchev–Trinajstić information content (AvgIpc) is 2.09. The predicted octanol–water partition coefficient (Wildman–Crippen LogP) is 2.41. The largest absolute Gasteiger partial charge is 0.312 e. The van der Waals surface area contributed by atoms with Crippen molar-refractivity contribution < 1.29 is 4.39 Å². The molecule has 1 heterocycles. The molecule has 0 radical (unpaired) electrons. The van der Waals surface area contributed by atoms with E-state index in [-0.39, 0.29) is 10.7 Å². The molecule has 14 heavy (non-hydrogen) atoms. The summed E-state index contributed by atoms with van der Waals surface area (Å²) in [5, 5.41) is -0.161. The monoisotopic (exact) mass is 218 g/mol. The lowest BCUT2D eigenvalue weighted by Crippen LogP contribution is -2.22. The van der Waals surface area contributed by atoms with Gasteiger partial charge in [-0.2, -0.15) is 0 Å². The quantitative estimate of drug-likeness (QED) is 0.847. The molecule has 1 atom stereocenters. The molecule has 0 aliphatic carbocycles. The van der Waals surface area contributed by atoms with Crippen molar-refractivity contribution in [2.75, 3.05) is 0 Å². The van der Waals surface area contributed by atoms with E-state index in [1.54, 1.807) is 0 Å². The zero-order valence-corrected chi connectivity index (χ0v) is 8.86. The van der Waals surface area contributed by atoms with Crippen molar-refractivity contribution in [1.82, 2.24) is 9.97 Å². The van der Waals surface area contributed by atoms with Crippen molar-refractivity contribution in [2.45, 2.75) is 32.4 Å². The minimum Gasteiger partial charge on any atom is -0.312 e. The Balaban J connectivity index is 3.18. The van der Waals surface area contributed by atoms with Crippen molar-refractivity contribution in [1.29, 1.82) is 0 Å². The Kier molecular flexibility index (Phi) is 3.26. The van der Waals surface area contributed by atoms with Gasteiger partial charge in [-0.15, -0.1) is 0 Å². The van der Waals surface area contributed by atoms with Crippen molar-refractivity contribution in [3.8, 4) is 0 Å². The van der Waals surface area contributed by atoms with Gasteiger partial charge in [-0.1, -0.05) is 24.9 Å². The predicted molar refractivity (Wildman–Crippen MR) is 53.2 cm³/mol. The van der Waals surface area contributed by atoms with Gasteiger partial charge in [0.2, 0.25) is 0 Å². The molecule has 0 aliphatic rings. The van der Waals surface area contributed by atoms with Gasteiger partial charge in [-0.3, -0.25) is 4.79 Å². The summed E-state index contributed by atoms with van der Waals surface area (Å²) >= 11 is 5.67. The third kappa shape index (κ3) is 2.12. The molecule has 0 fully saturated rings. The first-order valence-electron chi connectivity index (χ1n) is 4.41. The maximum Gasteiger partial charge on any atom is 0.269 e. The Labute approximate surface area is 86.3 Å². The normalized spacial score (nSPS) is 15.1. The van der Waals surface area contributed by atoms with Crippen LogP contribution in [0.25, 0.3) is 0 Å². The number of aromatic nitrogens is 2. The van der Waals surface area contributed by atoms with Crippen molar-refractivity contribution in [3.63, 3.8) is 0 Å². The number of aromatic amines is 1. The summed E-state index contributed by atoms with van der Waals surface area (Å²) in [4.78, 5) is 17.2. The van der Waals surface area contributed by atoms with Gasteiger partial charge in [-0.05, 0) is 13.3 Å². The molecule has 0 amide bonds. The van der Waals surface area contributed by atoms with Crippen LogP contribution in [0, 0.1) is 0 Å². The Morgan fingerprint density at radius 3 is 2.93 bits per heavy atom. The molecule has 1 aromatic rings. The van der Waals surface area contributed by atoms with Crippen LogP contribution in [0.4, 0.5) is 4.39 Å². The summed E-state index contributed by atoms with van der Waals surface area (Å²) in [6.07, 6.45) is 2.12. The summed E-state index contributed by atoms with van der Waals surface area (Å²) in [5.41, 5.74) is -2.12. The Hall–Kier alpha value is -0.900. The van der Waals surface area contributed by atoms with E-state index in [1.165, 1.54) is 6.92 Å².